The van der Waals surface area contributed by atoms with Gasteiger partial charge in [-0.1, -0.05) is 29.3 Å². The van der Waals surface area contributed by atoms with Crippen LogP contribution in [-0.4, -0.2) is 5.91 Å². The number of benzene rings is 2. The summed E-state index contributed by atoms with van der Waals surface area (Å²) in [6.07, 6.45) is 0. The van der Waals surface area contributed by atoms with Crippen molar-refractivity contribution in [2.75, 3.05) is 5.32 Å². The molecule has 0 spiro atoms. The fourth-order valence-corrected chi connectivity index (χ4v) is 2.25. The molecule has 2 aromatic rings. The van der Waals surface area contributed by atoms with Crippen LogP contribution in [0.15, 0.2) is 36.4 Å². The molecule has 2 aromatic carbocycles. The number of carbonyl (C=O) groups excluding carboxylic acids is 1. The molecule has 0 saturated heterocycles. The van der Waals surface area contributed by atoms with E-state index in [1.54, 1.807) is 30.3 Å². The van der Waals surface area contributed by atoms with Crippen LogP contribution in [0.1, 0.15) is 28.9 Å². The van der Waals surface area contributed by atoms with Crippen molar-refractivity contribution in [3.63, 3.8) is 0 Å². The summed E-state index contributed by atoms with van der Waals surface area (Å²) in [5.74, 6) is -1.01. The second-order valence-corrected chi connectivity index (χ2v) is 5.41. The summed E-state index contributed by atoms with van der Waals surface area (Å²) < 4.78 is 13.2. The zero-order valence-electron chi connectivity index (χ0n) is 11.2. The number of hydrogen-bond acceptors (Lipinski definition) is 2. The molecule has 0 aliphatic carbocycles. The van der Waals surface area contributed by atoms with Crippen molar-refractivity contribution in [3.05, 3.63) is 63.4 Å². The maximum absolute atomic E-state index is 13.2. The number of nitrogens with one attached hydrogen (secondary N) is 1. The SMILES string of the molecule is CC(Nc1cc(C(N)=O)ccc1Cl)c1ccc(F)c(Cl)c1. The van der Waals surface area contributed by atoms with Gasteiger partial charge in [-0.3, -0.25) is 4.79 Å². The Bertz CT molecular complexity index is 691. The molecule has 0 fully saturated rings. The molecule has 2 rings (SSSR count). The van der Waals surface area contributed by atoms with Crippen LogP contribution in [-0.2, 0) is 0 Å². The van der Waals surface area contributed by atoms with E-state index in [9.17, 15) is 9.18 Å². The van der Waals surface area contributed by atoms with Gasteiger partial charge in [-0.05, 0) is 42.8 Å². The summed E-state index contributed by atoms with van der Waals surface area (Å²) in [6, 6.07) is 9.02. The van der Waals surface area contributed by atoms with Crippen LogP contribution in [0.25, 0.3) is 0 Å². The van der Waals surface area contributed by atoms with Crippen LogP contribution in [0, 0.1) is 5.82 Å². The molecule has 21 heavy (non-hydrogen) atoms. The molecule has 0 aliphatic rings. The van der Waals surface area contributed by atoms with Crippen molar-refractivity contribution in [2.24, 2.45) is 5.73 Å². The molecule has 0 aromatic heterocycles. The molecule has 0 radical (unpaired) electrons. The van der Waals surface area contributed by atoms with Gasteiger partial charge in [0.2, 0.25) is 5.91 Å². The summed E-state index contributed by atoms with van der Waals surface area (Å²) in [5, 5.41) is 3.66. The zero-order valence-corrected chi connectivity index (χ0v) is 12.7. The molecular weight excluding hydrogens is 314 g/mol. The highest BCUT2D eigenvalue weighted by Crippen LogP contribution is 2.28. The number of amides is 1. The van der Waals surface area contributed by atoms with Gasteiger partial charge in [0.05, 0.1) is 15.7 Å². The van der Waals surface area contributed by atoms with Crippen LogP contribution < -0.4 is 11.1 Å². The lowest BCUT2D eigenvalue weighted by atomic mass is 10.1. The van der Waals surface area contributed by atoms with Gasteiger partial charge in [-0.25, -0.2) is 4.39 Å². The summed E-state index contributed by atoms with van der Waals surface area (Å²) >= 11 is 11.9. The molecule has 1 amide bonds. The molecule has 1 atom stereocenters. The van der Waals surface area contributed by atoms with Crippen LogP contribution in [0.3, 0.4) is 0 Å². The number of hydrogen-bond donors (Lipinski definition) is 2. The zero-order chi connectivity index (χ0) is 15.6. The summed E-state index contributed by atoms with van der Waals surface area (Å²) in [6.45, 7) is 1.87. The minimum atomic E-state index is -0.535. The molecule has 1 unspecified atom stereocenters. The molecule has 3 N–H and O–H groups in total. The third-order valence-electron chi connectivity index (χ3n) is 3.07. The predicted octanol–water partition coefficient (Wildman–Crippen LogP) is 4.40. The quantitative estimate of drug-likeness (QED) is 0.874. The van der Waals surface area contributed by atoms with Gasteiger partial charge >= 0.3 is 0 Å². The summed E-state index contributed by atoms with van der Waals surface area (Å²) in [4.78, 5) is 11.2. The first-order chi connectivity index (χ1) is 9.88. The topological polar surface area (TPSA) is 55.1 Å². The average Bonchev–Trinajstić information content (AvgIpc) is 2.43. The van der Waals surface area contributed by atoms with Crippen LogP contribution in [0.4, 0.5) is 10.1 Å². The largest absolute Gasteiger partial charge is 0.377 e. The minimum Gasteiger partial charge on any atom is -0.377 e. The van der Waals surface area contributed by atoms with Crippen LogP contribution >= 0.6 is 23.2 Å². The van der Waals surface area contributed by atoms with Crippen molar-refractivity contribution in [2.45, 2.75) is 13.0 Å². The fourth-order valence-electron chi connectivity index (χ4n) is 1.89. The molecule has 6 heteroatoms. The van der Waals surface area contributed by atoms with Crippen molar-refractivity contribution in [3.8, 4) is 0 Å². The number of rotatable bonds is 4. The molecule has 3 nitrogen and oxygen atoms in total. The van der Waals surface area contributed by atoms with Crippen LogP contribution in [0.5, 0.6) is 0 Å². The highest BCUT2D eigenvalue weighted by atomic mass is 35.5. The first kappa shape index (κ1) is 15.6. The lowest BCUT2D eigenvalue weighted by Gasteiger charge is -2.17. The van der Waals surface area contributed by atoms with E-state index < -0.39 is 11.7 Å². The monoisotopic (exact) mass is 326 g/mol. The first-order valence-electron chi connectivity index (χ1n) is 6.19. The normalized spacial score (nSPS) is 12.0. The Kier molecular flexibility index (Phi) is 4.70. The number of halogens is 3. The molecule has 0 aliphatic heterocycles. The van der Waals surface area contributed by atoms with E-state index >= 15 is 0 Å². The van der Waals surface area contributed by atoms with E-state index in [1.807, 2.05) is 6.92 Å². The third kappa shape index (κ3) is 3.65. The Balaban J connectivity index is 2.26. The van der Waals surface area contributed by atoms with Gasteiger partial charge in [-0.2, -0.15) is 0 Å². The Morgan fingerprint density at radius 3 is 2.52 bits per heavy atom. The molecule has 110 valence electrons. The second kappa shape index (κ2) is 6.33. The van der Waals surface area contributed by atoms with E-state index in [-0.39, 0.29) is 11.1 Å². The molecule has 0 bridgehead atoms. The third-order valence-corrected chi connectivity index (χ3v) is 3.69. The Labute approximate surface area is 131 Å². The maximum Gasteiger partial charge on any atom is 0.248 e. The molecule has 0 saturated carbocycles. The predicted molar refractivity (Wildman–Crippen MR) is 83.4 cm³/mol. The number of nitrogens with two attached hydrogens (primary N) is 1. The second-order valence-electron chi connectivity index (χ2n) is 4.60. The van der Waals surface area contributed by atoms with E-state index in [2.05, 4.69) is 5.32 Å². The highest BCUT2D eigenvalue weighted by molar-refractivity contribution is 6.33. The van der Waals surface area contributed by atoms with Crippen molar-refractivity contribution in [1.29, 1.82) is 0 Å². The number of anilines is 1. The van der Waals surface area contributed by atoms with E-state index in [4.69, 9.17) is 28.9 Å². The highest BCUT2D eigenvalue weighted by Gasteiger charge is 2.11. The van der Waals surface area contributed by atoms with Gasteiger partial charge in [0, 0.05) is 11.6 Å². The molecular formula is C15H13Cl2FN2O. The van der Waals surface area contributed by atoms with E-state index in [0.29, 0.717) is 16.3 Å². The Morgan fingerprint density at radius 1 is 1.19 bits per heavy atom. The van der Waals surface area contributed by atoms with Gasteiger partial charge < -0.3 is 11.1 Å². The molecule has 0 heterocycles. The van der Waals surface area contributed by atoms with E-state index in [0.717, 1.165) is 5.56 Å². The Hall–Kier alpha value is -1.78. The maximum atomic E-state index is 13.2. The number of primary amides is 1. The summed E-state index contributed by atoms with van der Waals surface area (Å²) in [5.41, 5.74) is 6.96. The van der Waals surface area contributed by atoms with Crippen LogP contribution in [0.2, 0.25) is 10.0 Å². The van der Waals surface area contributed by atoms with Crippen molar-refractivity contribution in [1.82, 2.24) is 0 Å². The van der Waals surface area contributed by atoms with Gasteiger partial charge in [0.15, 0.2) is 0 Å². The first-order valence-corrected chi connectivity index (χ1v) is 6.95. The lowest BCUT2D eigenvalue weighted by Crippen LogP contribution is -2.12. The minimum absolute atomic E-state index is 0.0538. The van der Waals surface area contributed by atoms with Gasteiger partial charge in [0.1, 0.15) is 5.82 Å². The van der Waals surface area contributed by atoms with Gasteiger partial charge in [-0.15, -0.1) is 0 Å². The van der Waals surface area contributed by atoms with E-state index in [1.165, 1.54) is 6.07 Å². The summed E-state index contributed by atoms with van der Waals surface area (Å²) in [7, 11) is 0. The van der Waals surface area contributed by atoms with Crippen molar-refractivity contribution < 1.29 is 9.18 Å². The standard InChI is InChI=1S/C15H13Cl2FN2O/c1-8(9-3-5-13(18)12(17)6-9)20-14-7-10(15(19)21)2-4-11(14)16/h2-8,20H,1H3,(H2,19,21). The lowest BCUT2D eigenvalue weighted by molar-refractivity contribution is 0.100. The van der Waals surface area contributed by atoms with Crippen molar-refractivity contribution >= 4 is 34.8 Å². The fraction of sp³-hybridized carbons (Fsp3) is 0.133. The Morgan fingerprint density at radius 2 is 1.90 bits per heavy atom. The number of carbonyl (C=O) groups is 1. The average molecular weight is 327 g/mol. The smallest absolute Gasteiger partial charge is 0.248 e. The van der Waals surface area contributed by atoms with Gasteiger partial charge in [0.25, 0.3) is 0 Å².